The first-order chi connectivity index (χ1) is 6.52. The summed E-state index contributed by atoms with van der Waals surface area (Å²) in [7, 11) is 0. The van der Waals surface area contributed by atoms with E-state index in [0.717, 1.165) is 5.92 Å². The maximum Gasteiger partial charge on any atom is 0.107 e. The summed E-state index contributed by atoms with van der Waals surface area (Å²) >= 11 is 0. The molecule has 2 aliphatic rings. The first-order valence-electron chi connectivity index (χ1n) is 5.57. The van der Waals surface area contributed by atoms with E-state index in [9.17, 15) is 0 Å². The maximum atomic E-state index is 5.79. The monoisotopic (exact) mass is 192 g/mol. The third-order valence-corrected chi connectivity index (χ3v) is 5.08. The highest BCUT2D eigenvalue weighted by Crippen LogP contribution is 2.66. The van der Waals surface area contributed by atoms with Crippen LogP contribution in [0.1, 0.15) is 40.0 Å². The lowest BCUT2D eigenvalue weighted by atomic mass is 9.70. The molecule has 2 rings (SSSR count). The predicted molar refractivity (Wildman–Crippen MR) is 57.8 cm³/mol. The van der Waals surface area contributed by atoms with Gasteiger partial charge < -0.3 is 4.74 Å². The van der Waals surface area contributed by atoms with Gasteiger partial charge in [-0.25, -0.2) is 0 Å². The van der Waals surface area contributed by atoms with E-state index >= 15 is 0 Å². The molecule has 0 unspecified atom stereocenters. The number of ether oxygens (including phenoxy) is 1. The van der Waals surface area contributed by atoms with Crippen molar-refractivity contribution in [1.29, 1.82) is 0 Å². The smallest absolute Gasteiger partial charge is 0.107 e. The van der Waals surface area contributed by atoms with E-state index in [1.807, 2.05) is 0 Å². The minimum Gasteiger partial charge on any atom is -0.365 e. The molecule has 0 amide bonds. The Balaban J connectivity index is 2.15. The molecule has 2 aliphatic carbocycles. The van der Waals surface area contributed by atoms with E-state index in [-0.39, 0.29) is 0 Å². The van der Waals surface area contributed by atoms with Crippen molar-refractivity contribution in [3.8, 4) is 12.3 Å². The first kappa shape index (κ1) is 10.1. The summed E-state index contributed by atoms with van der Waals surface area (Å²) in [5.74, 6) is 3.42. The molecule has 1 heteroatoms. The number of rotatable bonds is 2. The average molecular weight is 192 g/mol. The summed E-state index contributed by atoms with van der Waals surface area (Å²) in [6.07, 6.45) is 9.53. The van der Waals surface area contributed by atoms with Crippen molar-refractivity contribution in [2.24, 2.45) is 16.7 Å². The lowest BCUT2D eigenvalue weighted by molar-refractivity contribution is -0.0332. The fourth-order valence-electron chi connectivity index (χ4n) is 3.53. The number of hydrogen-bond acceptors (Lipinski definition) is 1. The summed E-state index contributed by atoms with van der Waals surface area (Å²) in [6, 6.07) is 0. The number of hydrogen-bond donors (Lipinski definition) is 0. The Labute approximate surface area is 87.2 Å². The molecule has 14 heavy (non-hydrogen) atoms. The highest BCUT2D eigenvalue weighted by atomic mass is 16.5. The molecule has 0 aromatic rings. The van der Waals surface area contributed by atoms with Gasteiger partial charge in [-0.3, -0.25) is 0 Å². The van der Waals surface area contributed by atoms with Crippen LogP contribution in [-0.2, 0) is 4.74 Å². The zero-order valence-electron chi connectivity index (χ0n) is 9.47. The van der Waals surface area contributed by atoms with Crippen molar-refractivity contribution in [3.05, 3.63) is 0 Å². The van der Waals surface area contributed by atoms with Gasteiger partial charge in [0.15, 0.2) is 0 Å². The molecule has 0 aromatic carbocycles. The molecule has 2 saturated carbocycles. The minimum atomic E-state index is 0.356. The molecular weight excluding hydrogens is 172 g/mol. The molecule has 78 valence electrons. The molecule has 0 radical (unpaired) electrons. The second-order valence-corrected chi connectivity index (χ2v) is 5.61. The zero-order valence-corrected chi connectivity index (χ0v) is 9.47. The Morgan fingerprint density at radius 1 is 1.43 bits per heavy atom. The SMILES string of the molecule is C#CCO[C@@H]1C[C@@H]2CC[C@@]1(C)C2(C)C. The number of terminal acetylenes is 1. The van der Waals surface area contributed by atoms with E-state index in [0.29, 0.717) is 23.5 Å². The summed E-state index contributed by atoms with van der Waals surface area (Å²) in [5, 5.41) is 0. The molecule has 2 fully saturated rings. The predicted octanol–water partition coefficient (Wildman–Crippen LogP) is 2.85. The van der Waals surface area contributed by atoms with Gasteiger partial charge in [0.1, 0.15) is 6.61 Å². The molecule has 0 heterocycles. The highest BCUT2D eigenvalue weighted by Gasteiger charge is 2.61. The van der Waals surface area contributed by atoms with E-state index in [1.54, 1.807) is 0 Å². The second-order valence-electron chi connectivity index (χ2n) is 5.61. The second kappa shape index (κ2) is 3.00. The van der Waals surface area contributed by atoms with Crippen LogP contribution in [0.2, 0.25) is 0 Å². The van der Waals surface area contributed by atoms with Crippen molar-refractivity contribution in [2.75, 3.05) is 6.61 Å². The van der Waals surface area contributed by atoms with Crippen LogP contribution in [0.3, 0.4) is 0 Å². The quantitative estimate of drug-likeness (QED) is 0.611. The van der Waals surface area contributed by atoms with Gasteiger partial charge in [-0.05, 0) is 36.0 Å². The standard InChI is InChI=1S/C13H20O/c1-5-8-14-11-9-10-6-7-13(11,4)12(10,2)3/h1,10-11H,6-9H2,2-4H3/t10-,11+,13+/m0/s1. The van der Waals surface area contributed by atoms with Crippen LogP contribution in [0.15, 0.2) is 0 Å². The van der Waals surface area contributed by atoms with Crippen LogP contribution in [0.5, 0.6) is 0 Å². The van der Waals surface area contributed by atoms with Gasteiger partial charge >= 0.3 is 0 Å². The van der Waals surface area contributed by atoms with Gasteiger partial charge in [-0.2, -0.15) is 0 Å². The van der Waals surface area contributed by atoms with Gasteiger partial charge in [-0.1, -0.05) is 26.7 Å². The third kappa shape index (κ3) is 1.07. The van der Waals surface area contributed by atoms with E-state index in [4.69, 9.17) is 11.2 Å². The molecular formula is C13H20O. The van der Waals surface area contributed by atoms with Crippen LogP contribution < -0.4 is 0 Å². The zero-order chi connectivity index (χ0) is 10.4. The average Bonchev–Trinajstić information content (AvgIpc) is 2.46. The van der Waals surface area contributed by atoms with E-state index < -0.39 is 0 Å². The van der Waals surface area contributed by atoms with Crippen LogP contribution in [0.25, 0.3) is 0 Å². The number of fused-ring (bicyclic) bond motifs is 2. The Morgan fingerprint density at radius 3 is 2.57 bits per heavy atom. The van der Waals surface area contributed by atoms with Crippen molar-refractivity contribution in [2.45, 2.75) is 46.1 Å². The van der Waals surface area contributed by atoms with Crippen LogP contribution in [0.4, 0.5) is 0 Å². The normalized spacial score (nSPS) is 43.9. The molecule has 0 aliphatic heterocycles. The summed E-state index contributed by atoms with van der Waals surface area (Å²) in [4.78, 5) is 0. The Kier molecular flexibility index (Phi) is 2.16. The van der Waals surface area contributed by atoms with Gasteiger partial charge in [0.25, 0.3) is 0 Å². The lowest BCUT2D eigenvalue weighted by Gasteiger charge is -2.38. The molecule has 3 atom stereocenters. The third-order valence-electron chi connectivity index (χ3n) is 5.08. The van der Waals surface area contributed by atoms with Gasteiger partial charge in [-0.15, -0.1) is 6.42 Å². The Bertz CT molecular complexity index is 273. The van der Waals surface area contributed by atoms with Crippen molar-refractivity contribution < 1.29 is 4.74 Å². The lowest BCUT2D eigenvalue weighted by Crippen LogP contribution is -2.37. The van der Waals surface area contributed by atoms with Gasteiger partial charge in [0.2, 0.25) is 0 Å². The van der Waals surface area contributed by atoms with E-state index in [1.165, 1.54) is 19.3 Å². The van der Waals surface area contributed by atoms with Gasteiger partial charge in [0.05, 0.1) is 6.10 Å². The van der Waals surface area contributed by atoms with Crippen molar-refractivity contribution in [3.63, 3.8) is 0 Å². The maximum absolute atomic E-state index is 5.79. The van der Waals surface area contributed by atoms with Crippen LogP contribution in [0, 0.1) is 29.1 Å². The Morgan fingerprint density at radius 2 is 2.14 bits per heavy atom. The summed E-state index contributed by atoms with van der Waals surface area (Å²) < 4.78 is 5.79. The summed E-state index contributed by atoms with van der Waals surface area (Å²) in [5.41, 5.74) is 0.792. The molecule has 0 N–H and O–H groups in total. The van der Waals surface area contributed by atoms with E-state index in [2.05, 4.69) is 26.7 Å². The highest BCUT2D eigenvalue weighted by molar-refractivity contribution is 5.11. The summed E-state index contributed by atoms with van der Waals surface area (Å²) in [6.45, 7) is 7.64. The molecule has 0 saturated heterocycles. The molecule has 0 aromatic heterocycles. The van der Waals surface area contributed by atoms with Crippen molar-refractivity contribution >= 4 is 0 Å². The van der Waals surface area contributed by atoms with Gasteiger partial charge in [0, 0.05) is 0 Å². The topological polar surface area (TPSA) is 9.23 Å². The molecule has 1 nitrogen and oxygen atoms in total. The first-order valence-corrected chi connectivity index (χ1v) is 5.57. The Hall–Kier alpha value is -0.480. The fourth-order valence-corrected chi connectivity index (χ4v) is 3.53. The molecule has 2 bridgehead atoms. The van der Waals surface area contributed by atoms with Crippen LogP contribution in [-0.4, -0.2) is 12.7 Å². The van der Waals surface area contributed by atoms with Crippen molar-refractivity contribution in [1.82, 2.24) is 0 Å². The van der Waals surface area contributed by atoms with Crippen LogP contribution >= 0.6 is 0 Å². The molecule has 0 spiro atoms. The minimum absolute atomic E-state index is 0.356. The largest absolute Gasteiger partial charge is 0.365 e. The fraction of sp³-hybridized carbons (Fsp3) is 0.846.